The van der Waals surface area contributed by atoms with Crippen molar-refractivity contribution < 1.29 is 18.0 Å². The van der Waals surface area contributed by atoms with E-state index in [4.69, 9.17) is 11.6 Å². The summed E-state index contributed by atoms with van der Waals surface area (Å²) in [7, 11) is -3.79. The van der Waals surface area contributed by atoms with Crippen molar-refractivity contribution in [3.63, 3.8) is 0 Å². The average Bonchev–Trinajstić information content (AvgIpc) is 2.76. The van der Waals surface area contributed by atoms with Gasteiger partial charge in [-0.25, -0.2) is 8.42 Å². The molecule has 0 fully saturated rings. The molecule has 0 aliphatic heterocycles. The van der Waals surface area contributed by atoms with Crippen molar-refractivity contribution in [2.24, 2.45) is 5.92 Å². The molecule has 0 unspecified atom stereocenters. The Morgan fingerprint density at radius 1 is 1.06 bits per heavy atom. The van der Waals surface area contributed by atoms with Crippen LogP contribution >= 0.6 is 11.6 Å². The Labute approximate surface area is 214 Å². The Balaban J connectivity index is 2.47. The lowest BCUT2D eigenvalue weighted by atomic mass is 10.1. The minimum Gasteiger partial charge on any atom is -0.354 e. The van der Waals surface area contributed by atoms with Gasteiger partial charge in [-0.3, -0.25) is 13.9 Å². The maximum absolute atomic E-state index is 13.7. The van der Waals surface area contributed by atoms with Crippen LogP contribution in [0.1, 0.15) is 43.9 Å². The Kier molecular flexibility index (Phi) is 10.2. The predicted molar refractivity (Wildman–Crippen MR) is 142 cm³/mol. The van der Waals surface area contributed by atoms with Gasteiger partial charge >= 0.3 is 0 Å². The van der Waals surface area contributed by atoms with Crippen molar-refractivity contribution in [1.29, 1.82) is 0 Å². The summed E-state index contributed by atoms with van der Waals surface area (Å²) in [5.41, 5.74) is 2.88. The fraction of sp³-hybridized carbons (Fsp3) is 0.462. The molecular weight excluding hydrogens is 486 g/mol. The van der Waals surface area contributed by atoms with Crippen LogP contribution in [-0.4, -0.2) is 50.5 Å². The zero-order chi connectivity index (χ0) is 26.3. The van der Waals surface area contributed by atoms with Gasteiger partial charge < -0.3 is 10.2 Å². The van der Waals surface area contributed by atoms with Crippen LogP contribution in [0.25, 0.3) is 0 Å². The van der Waals surface area contributed by atoms with Gasteiger partial charge in [0.05, 0.1) is 11.9 Å². The van der Waals surface area contributed by atoms with Gasteiger partial charge in [-0.05, 0) is 61.1 Å². The molecule has 35 heavy (non-hydrogen) atoms. The van der Waals surface area contributed by atoms with Crippen LogP contribution < -0.4 is 9.62 Å². The van der Waals surface area contributed by atoms with E-state index in [1.54, 1.807) is 25.1 Å². The molecule has 0 aliphatic rings. The number of nitrogens with one attached hydrogen (secondary N) is 1. The molecule has 9 heteroatoms. The second-order valence-corrected chi connectivity index (χ2v) is 11.6. The van der Waals surface area contributed by atoms with E-state index in [1.165, 1.54) is 4.90 Å². The third-order valence-corrected chi connectivity index (χ3v) is 7.14. The predicted octanol–water partition coefficient (Wildman–Crippen LogP) is 4.30. The third kappa shape index (κ3) is 7.97. The molecule has 7 nitrogen and oxygen atoms in total. The number of nitrogens with zero attached hydrogens (tertiary/aromatic N) is 2. The van der Waals surface area contributed by atoms with Crippen molar-refractivity contribution in [1.82, 2.24) is 10.2 Å². The number of hydrogen-bond donors (Lipinski definition) is 1. The molecule has 2 amide bonds. The number of sulfonamides is 1. The van der Waals surface area contributed by atoms with Crippen LogP contribution in [0.2, 0.25) is 5.02 Å². The fourth-order valence-corrected chi connectivity index (χ4v) is 4.94. The largest absolute Gasteiger partial charge is 0.354 e. The van der Waals surface area contributed by atoms with Gasteiger partial charge in [0.2, 0.25) is 21.8 Å². The van der Waals surface area contributed by atoms with Crippen molar-refractivity contribution >= 4 is 39.1 Å². The normalized spacial score (nSPS) is 12.3. The first-order valence-electron chi connectivity index (χ1n) is 11.7. The van der Waals surface area contributed by atoms with Gasteiger partial charge in [-0.2, -0.15) is 0 Å². The minimum atomic E-state index is -3.79. The van der Waals surface area contributed by atoms with Gasteiger partial charge in [0.1, 0.15) is 12.6 Å². The average molecular weight is 522 g/mol. The zero-order valence-corrected chi connectivity index (χ0v) is 22.9. The van der Waals surface area contributed by atoms with E-state index in [1.807, 2.05) is 52.0 Å². The molecule has 0 bridgehead atoms. The highest BCUT2D eigenvalue weighted by atomic mass is 35.5. The van der Waals surface area contributed by atoms with E-state index in [0.717, 1.165) is 21.7 Å². The summed E-state index contributed by atoms with van der Waals surface area (Å²) in [5.74, 6) is -0.457. The number of halogens is 1. The van der Waals surface area contributed by atoms with Crippen molar-refractivity contribution in [2.75, 3.05) is 23.7 Å². The second-order valence-electron chi connectivity index (χ2n) is 9.21. The van der Waals surface area contributed by atoms with Crippen molar-refractivity contribution in [3.05, 3.63) is 64.2 Å². The van der Waals surface area contributed by atoms with E-state index in [9.17, 15) is 18.0 Å². The van der Waals surface area contributed by atoms with E-state index in [2.05, 4.69) is 5.32 Å². The summed E-state index contributed by atoms with van der Waals surface area (Å²) in [6.07, 6.45) is 1.45. The second kappa shape index (κ2) is 12.4. The molecule has 0 heterocycles. The van der Waals surface area contributed by atoms with Crippen LogP contribution in [0, 0.1) is 19.8 Å². The number of carbonyl (C=O) groups excluding carboxylic acids is 2. The lowest BCUT2D eigenvalue weighted by molar-refractivity contribution is -0.140. The topological polar surface area (TPSA) is 86.8 Å². The number of rotatable bonds is 11. The fourth-order valence-electron chi connectivity index (χ4n) is 3.81. The summed E-state index contributed by atoms with van der Waals surface area (Å²) < 4.78 is 26.5. The van der Waals surface area contributed by atoms with Crippen LogP contribution in [0.5, 0.6) is 0 Å². The van der Waals surface area contributed by atoms with Gasteiger partial charge in [0, 0.05) is 18.1 Å². The molecule has 0 saturated heterocycles. The first kappa shape index (κ1) is 28.7. The lowest BCUT2D eigenvalue weighted by Crippen LogP contribution is -2.52. The van der Waals surface area contributed by atoms with Gasteiger partial charge in [0.15, 0.2) is 0 Å². The van der Waals surface area contributed by atoms with E-state index in [0.29, 0.717) is 29.2 Å². The molecule has 0 radical (unpaired) electrons. The maximum atomic E-state index is 13.7. The highest BCUT2D eigenvalue weighted by molar-refractivity contribution is 7.92. The van der Waals surface area contributed by atoms with Crippen molar-refractivity contribution in [2.45, 2.75) is 53.6 Å². The Morgan fingerprint density at radius 3 is 2.26 bits per heavy atom. The first-order valence-corrected chi connectivity index (χ1v) is 13.9. The number of carbonyl (C=O) groups is 2. The number of hydrogen-bond acceptors (Lipinski definition) is 4. The molecule has 2 rings (SSSR count). The smallest absolute Gasteiger partial charge is 0.244 e. The molecule has 1 N–H and O–H groups in total. The Bertz CT molecular complexity index is 1150. The third-order valence-electron chi connectivity index (χ3n) is 5.78. The van der Waals surface area contributed by atoms with Gasteiger partial charge in [-0.15, -0.1) is 0 Å². The molecular formula is C26H36ClN3O4S. The summed E-state index contributed by atoms with van der Waals surface area (Å²) in [5, 5.41) is 3.39. The van der Waals surface area contributed by atoms with Crippen LogP contribution in [0.15, 0.2) is 42.5 Å². The van der Waals surface area contributed by atoms with Crippen LogP contribution in [0.4, 0.5) is 5.69 Å². The van der Waals surface area contributed by atoms with Crippen LogP contribution in [-0.2, 0) is 26.2 Å². The molecule has 2 aromatic carbocycles. The highest BCUT2D eigenvalue weighted by Crippen LogP contribution is 2.26. The number of aryl methyl sites for hydroxylation is 2. The molecule has 2 aromatic rings. The van der Waals surface area contributed by atoms with E-state index >= 15 is 0 Å². The van der Waals surface area contributed by atoms with Crippen molar-refractivity contribution in [3.8, 4) is 0 Å². The van der Waals surface area contributed by atoms with Crippen LogP contribution in [0.3, 0.4) is 0 Å². The summed E-state index contributed by atoms with van der Waals surface area (Å²) in [6.45, 7) is 9.76. The Morgan fingerprint density at radius 2 is 1.71 bits per heavy atom. The molecule has 0 aromatic heterocycles. The number of benzene rings is 2. The van der Waals surface area contributed by atoms with Gasteiger partial charge in [0.25, 0.3) is 0 Å². The number of amides is 2. The maximum Gasteiger partial charge on any atom is 0.244 e. The summed E-state index contributed by atoms with van der Waals surface area (Å²) in [4.78, 5) is 28.3. The monoisotopic (exact) mass is 521 g/mol. The minimum absolute atomic E-state index is 0.191. The molecule has 0 aliphatic carbocycles. The summed E-state index contributed by atoms with van der Waals surface area (Å²) >= 11 is 6.06. The molecule has 1 atom stereocenters. The molecule has 0 saturated carbocycles. The zero-order valence-electron chi connectivity index (χ0n) is 21.3. The van der Waals surface area contributed by atoms with E-state index < -0.39 is 28.5 Å². The van der Waals surface area contributed by atoms with Gasteiger partial charge in [-0.1, -0.05) is 56.6 Å². The standard InChI is InChI=1S/C26H36ClN3O4S/c1-7-23(26(32)28-15-18(2)3)29(16-21-11-9-8-10-19(21)4)25(31)17-30(35(6,33)34)24-13-12-22(27)14-20(24)5/h8-14,18,23H,7,15-17H2,1-6H3,(H,28,32)/t23-/m0/s1. The number of anilines is 1. The summed E-state index contributed by atoms with van der Waals surface area (Å²) in [6, 6.07) is 11.7. The quantitative estimate of drug-likeness (QED) is 0.477. The highest BCUT2D eigenvalue weighted by Gasteiger charge is 2.32. The Hall–Kier alpha value is -2.58. The first-order chi connectivity index (χ1) is 16.3. The lowest BCUT2D eigenvalue weighted by Gasteiger charge is -2.33. The SMILES string of the molecule is CC[C@@H](C(=O)NCC(C)C)N(Cc1ccccc1C)C(=O)CN(c1ccc(Cl)cc1C)S(C)(=O)=O. The molecule has 192 valence electrons. The van der Waals surface area contributed by atoms with E-state index in [-0.39, 0.29) is 18.4 Å². The molecule has 0 spiro atoms.